The second-order valence-electron chi connectivity index (χ2n) is 34.4. The highest BCUT2D eigenvalue weighted by atomic mass is 35.5. The van der Waals surface area contributed by atoms with Crippen LogP contribution in [-0.2, 0) is 38.3 Å². The van der Waals surface area contributed by atoms with Gasteiger partial charge in [0.15, 0.2) is 0 Å². The van der Waals surface area contributed by atoms with Gasteiger partial charge in [0.2, 0.25) is 0 Å². The van der Waals surface area contributed by atoms with E-state index >= 15 is 0 Å². The van der Waals surface area contributed by atoms with Crippen molar-refractivity contribution in [3.05, 3.63) is 405 Å². The molecule has 22 nitrogen and oxygen atoms in total. The Kier molecular flexibility index (Phi) is 25.8. The third-order valence-electron chi connectivity index (χ3n) is 25.7. The fourth-order valence-corrected chi connectivity index (χ4v) is 19.3. The molecule has 23 rings (SSSR count). The molecule has 1 atom stereocenters. The van der Waals surface area contributed by atoms with Crippen molar-refractivity contribution in [3.63, 3.8) is 0 Å². The molecular formula is C110H93Cl3F4N20O2. The number of rotatable bonds is 9. The van der Waals surface area contributed by atoms with Crippen molar-refractivity contribution in [2.45, 2.75) is 85.9 Å². The van der Waals surface area contributed by atoms with Crippen LogP contribution >= 0.6 is 34.8 Å². The molecule has 5 N–H and O–H groups in total. The zero-order valence-electron chi connectivity index (χ0n) is 76.6. The summed E-state index contributed by atoms with van der Waals surface area (Å²) in [5.74, 6) is 4.37. The molecule has 0 fully saturated rings. The Morgan fingerprint density at radius 3 is 1.12 bits per heavy atom. The normalized spacial score (nSPS) is 13.6. The molecule has 11 aromatic carbocycles. The van der Waals surface area contributed by atoms with E-state index in [1.165, 1.54) is 46.7 Å². The minimum absolute atomic E-state index is 0.245. The Bertz CT molecular complexity index is 7630. The molecule has 0 spiro atoms. The van der Waals surface area contributed by atoms with Gasteiger partial charge in [-0.1, -0.05) is 83.3 Å². The van der Waals surface area contributed by atoms with E-state index in [9.17, 15) is 27.5 Å². The smallest absolute Gasteiger partial charge is 0.416 e. The lowest BCUT2D eigenvalue weighted by molar-refractivity contribution is -0.137. The van der Waals surface area contributed by atoms with E-state index in [0.29, 0.717) is 57.6 Å². The Labute approximate surface area is 815 Å². The summed E-state index contributed by atoms with van der Waals surface area (Å²) in [6.45, 7) is 15.2. The number of nitrogen functional groups attached to an aromatic ring is 2. The molecule has 18 aromatic rings. The van der Waals surface area contributed by atoms with E-state index in [1.54, 1.807) is 36.7 Å². The van der Waals surface area contributed by atoms with Crippen LogP contribution in [0.2, 0.25) is 15.1 Å². The number of para-hydroxylation sites is 3. The number of nitrogens with two attached hydrogens (primary N) is 2. The maximum Gasteiger partial charge on any atom is 0.416 e. The van der Waals surface area contributed by atoms with Crippen LogP contribution in [0.4, 0.5) is 86.1 Å². The average molecular weight is 1910 g/mol. The SMILES string of the molecule is Cc1ncc2n1-c1c(F)cccc1N(c1ccc(Cl)cc1)CC2.Cc1ncc2n1-c1ccc(-c3ccc(C(=O)O)cc3)cc1N(c1ccc(Cl)cc1)CC2.Cc1ncc2n1-c1ccc(-c3ccc(N)nc3)cc1N(c1ccc(C#N)cc1)CC2.Cc1ncc2n1-c1ccc(-c3ccc(N)nc3)cc1N(c1ccc(C(F)(F)F)cc1)CC2.Cc1ncc2n1-c1ccccc1N(c1ccc(Cl)cc1)C(C)C2. The van der Waals surface area contributed by atoms with Crippen molar-refractivity contribution >= 4 is 109 Å². The van der Waals surface area contributed by atoms with Gasteiger partial charge in [0.1, 0.15) is 52.3 Å². The minimum atomic E-state index is -4.37. The van der Waals surface area contributed by atoms with Crippen LogP contribution in [-0.4, -0.2) is 101 Å². The Morgan fingerprint density at radius 2 is 0.712 bits per heavy atom. The number of nitriles is 1. The number of nitrogens with zero attached hydrogens (tertiary/aromatic N) is 18. The summed E-state index contributed by atoms with van der Waals surface area (Å²) in [5, 5.41) is 20.5. The van der Waals surface area contributed by atoms with E-state index in [-0.39, 0.29) is 11.4 Å². The van der Waals surface area contributed by atoms with Gasteiger partial charge >= 0.3 is 12.1 Å². The van der Waals surface area contributed by atoms with Crippen molar-refractivity contribution in [2.24, 2.45) is 0 Å². The van der Waals surface area contributed by atoms with Gasteiger partial charge in [-0.25, -0.2) is 44.1 Å². The summed E-state index contributed by atoms with van der Waals surface area (Å²) in [6, 6.07) is 86.1. The molecule has 139 heavy (non-hydrogen) atoms. The number of aryl methyl sites for hydroxylation is 5. The first-order valence-corrected chi connectivity index (χ1v) is 46.5. The predicted molar refractivity (Wildman–Crippen MR) is 544 cm³/mol. The molecule has 0 saturated heterocycles. The Morgan fingerprint density at radius 1 is 0.374 bits per heavy atom. The molecule has 0 bridgehead atoms. The first-order chi connectivity index (χ1) is 67.2. The van der Waals surface area contributed by atoms with Gasteiger partial charge in [0.05, 0.1) is 73.9 Å². The number of anilines is 12. The highest BCUT2D eigenvalue weighted by molar-refractivity contribution is 6.31. The number of aromatic nitrogens is 12. The zero-order chi connectivity index (χ0) is 96.6. The predicted octanol–water partition coefficient (Wildman–Crippen LogP) is 25.4. The maximum absolute atomic E-state index is 14.6. The van der Waals surface area contributed by atoms with Crippen molar-refractivity contribution < 1.29 is 27.5 Å². The number of alkyl halides is 3. The summed E-state index contributed by atoms with van der Waals surface area (Å²) in [7, 11) is 0. The lowest BCUT2D eigenvalue weighted by Crippen LogP contribution is -2.29. The molecule has 12 heterocycles. The molecule has 5 aliphatic rings. The number of carbonyl (C=O) groups is 1. The summed E-state index contributed by atoms with van der Waals surface area (Å²) >= 11 is 18.2. The third-order valence-corrected chi connectivity index (χ3v) is 26.4. The second kappa shape index (κ2) is 39.0. The second-order valence-corrected chi connectivity index (χ2v) is 35.7. The number of hydrogen-bond acceptors (Lipinski definition) is 16. The van der Waals surface area contributed by atoms with Gasteiger partial charge in [0, 0.05) is 191 Å². The first kappa shape index (κ1) is 92.0. The van der Waals surface area contributed by atoms with E-state index in [1.807, 2.05) is 203 Å². The molecule has 694 valence electrons. The number of imidazole rings is 5. The van der Waals surface area contributed by atoms with Gasteiger partial charge < -0.3 is 41.1 Å². The van der Waals surface area contributed by atoms with E-state index in [4.69, 9.17) is 51.5 Å². The topological polar surface area (TPSA) is 244 Å². The largest absolute Gasteiger partial charge is 0.478 e. The molecular weight excluding hydrogens is 1820 g/mol. The molecule has 0 radical (unpaired) electrons. The Hall–Kier alpha value is -16.1. The van der Waals surface area contributed by atoms with Crippen LogP contribution in [0.5, 0.6) is 0 Å². The van der Waals surface area contributed by atoms with Crippen LogP contribution < -0.4 is 36.0 Å². The summed E-state index contributed by atoms with van der Waals surface area (Å²) < 4.78 is 64.6. The third kappa shape index (κ3) is 18.9. The van der Waals surface area contributed by atoms with Crippen molar-refractivity contribution in [3.8, 4) is 67.9 Å². The van der Waals surface area contributed by atoms with Crippen LogP contribution in [0.3, 0.4) is 0 Å². The van der Waals surface area contributed by atoms with Crippen LogP contribution in [0.1, 0.15) is 86.0 Å². The number of pyridine rings is 2. The van der Waals surface area contributed by atoms with Gasteiger partial charge in [0.25, 0.3) is 0 Å². The quantitative estimate of drug-likeness (QED) is 0.114. The van der Waals surface area contributed by atoms with E-state index in [2.05, 4.69) is 170 Å². The molecule has 0 amide bonds. The molecule has 5 aliphatic heterocycles. The highest BCUT2D eigenvalue weighted by Gasteiger charge is 2.34. The summed E-state index contributed by atoms with van der Waals surface area (Å²) in [4.78, 5) is 53.2. The lowest BCUT2D eigenvalue weighted by Gasteiger charge is -2.30. The van der Waals surface area contributed by atoms with Gasteiger partial charge in [-0.3, -0.25) is 22.8 Å². The molecule has 7 aromatic heterocycles. The fraction of sp³-hybridized carbons (Fsp3) is 0.155. The lowest BCUT2D eigenvalue weighted by atomic mass is 10.0. The summed E-state index contributed by atoms with van der Waals surface area (Å²) in [6.07, 6.45) is 12.9. The fourth-order valence-electron chi connectivity index (χ4n) is 18.9. The zero-order valence-corrected chi connectivity index (χ0v) is 78.9. The Balaban J connectivity index is 0.000000112. The first-order valence-electron chi connectivity index (χ1n) is 45.3. The number of halogens is 7. The van der Waals surface area contributed by atoms with E-state index in [0.717, 1.165) is 199 Å². The van der Waals surface area contributed by atoms with Crippen LogP contribution in [0.25, 0.3) is 61.8 Å². The van der Waals surface area contributed by atoms with Crippen molar-refractivity contribution in [1.29, 1.82) is 5.26 Å². The van der Waals surface area contributed by atoms with Crippen LogP contribution in [0, 0.1) is 51.8 Å². The molecule has 0 saturated carbocycles. The number of hydrogen-bond donors (Lipinski definition) is 3. The number of carboxylic acid groups (broad SMARTS) is 1. The highest BCUT2D eigenvalue weighted by Crippen LogP contribution is 2.46. The molecule has 29 heteroatoms. The van der Waals surface area contributed by atoms with Crippen LogP contribution in [0.15, 0.2) is 310 Å². The van der Waals surface area contributed by atoms with Gasteiger partial charge in [-0.05, 0) is 282 Å². The molecule has 1 unspecified atom stereocenters. The maximum atomic E-state index is 14.6. The average Bonchev–Trinajstić information content (AvgIpc) is 1.73. The number of carboxylic acids is 1. The van der Waals surface area contributed by atoms with E-state index < -0.39 is 17.7 Å². The van der Waals surface area contributed by atoms with Gasteiger partial charge in [-0.2, -0.15) is 18.4 Å². The molecule has 0 aliphatic carbocycles. The number of aromatic carboxylic acids is 1. The van der Waals surface area contributed by atoms with Crippen molar-refractivity contribution in [1.82, 2.24) is 57.7 Å². The van der Waals surface area contributed by atoms with Crippen molar-refractivity contribution in [2.75, 3.05) is 62.1 Å². The monoisotopic (exact) mass is 1910 g/mol. The van der Waals surface area contributed by atoms with Gasteiger partial charge in [-0.15, -0.1) is 0 Å². The minimum Gasteiger partial charge on any atom is -0.478 e. The number of benzene rings is 11. The number of fused-ring (bicyclic) bond motifs is 15. The standard InChI is InChI=1S/C25H20ClN3O2.C24H20F3N5.C24H20N6.C19H18ClN3.C18H15ClFN3/c1-16-27-15-22-12-13-28(21-9-7-20(26)8-10-21)24-14-19(6-11-23(24)29(16)22)17-2-4-18(5-3-17)25(30)31;1-15-29-14-20-10-11-31(19-6-4-18(5-7-19)24(25,26)27)22-12-16(2-8-21(22)32(15)20)17-3-9-23(28)30-13-17;1-16-27-15-21-10-11-29(20-6-2-17(13-25)3-7-20)23-12-18(4-8-22(23)30(16)21)19-5-9-24(26)28-14-19;1-13-11-17-12-21-14(2)23(17)19-6-4-3-5-18(19)22(13)16-9-7-15(20)8-10-16;1-12-21-11-15-9-10-22(14-7-5-13(19)6-8-14)17-4-2-3-16(20)18(17)23(12)15/h2-11,14-15H,12-13H2,1H3,(H,30,31);2-9,12-14H,10-11H2,1H3,(H2,28,30);2-9,12,14-15H,10-11H2,1H3,(H2,26,28);3-10,12-13H,11H2,1-2H3;2-8,11H,9-10H2,1H3. The summed E-state index contributed by atoms with van der Waals surface area (Å²) in [5.41, 5.74) is 38.3.